The van der Waals surface area contributed by atoms with Crippen LogP contribution >= 0.6 is 0 Å². The van der Waals surface area contributed by atoms with Crippen molar-refractivity contribution in [2.75, 3.05) is 12.5 Å². The molecule has 0 aliphatic heterocycles. The number of aryl methyl sites for hydroxylation is 3. The Bertz CT molecular complexity index is 905. The van der Waals surface area contributed by atoms with Gasteiger partial charge in [-0.3, -0.25) is 15.6 Å². The van der Waals surface area contributed by atoms with Crippen molar-refractivity contribution in [1.82, 2.24) is 20.1 Å². The van der Waals surface area contributed by atoms with Gasteiger partial charge in [-0.2, -0.15) is 0 Å². The molecule has 2 aromatic rings. The Labute approximate surface area is 147 Å². The number of hydrogen-bond donors (Lipinski definition) is 3. The molecule has 1 aromatic carbocycles. The van der Waals surface area contributed by atoms with Crippen LogP contribution < -0.4 is 15.6 Å². The summed E-state index contributed by atoms with van der Waals surface area (Å²) in [5.41, 5.74) is 8.16. The molecule has 0 aliphatic rings. The van der Waals surface area contributed by atoms with Crippen LogP contribution in [0.25, 0.3) is 0 Å². The highest BCUT2D eigenvalue weighted by atomic mass is 32.2. The number of amides is 1. The van der Waals surface area contributed by atoms with Gasteiger partial charge in [-0.15, -0.1) is 0 Å². The Morgan fingerprint density at radius 2 is 1.60 bits per heavy atom. The van der Waals surface area contributed by atoms with E-state index in [-0.39, 0.29) is 16.4 Å². The highest BCUT2D eigenvalue weighted by molar-refractivity contribution is 7.89. The molecule has 9 heteroatoms. The van der Waals surface area contributed by atoms with Crippen LogP contribution in [0.15, 0.2) is 23.1 Å². The average molecular weight is 363 g/mol. The van der Waals surface area contributed by atoms with Gasteiger partial charge in [0.15, 0.2) is 0 Å². The zero-order valence-corrected chi connectivity index (χ0v) is 15.6. The second kappa shape index (κ2) is 7.16. The molecule has 1 amide bonds. The second-order valence-electron chi connectivity index (χ2n) is 5.68. The SMILES string of the molecule is CNS(=O)(=O)c1cc(C(=O)NNc2nc(C)cc(C)n2)cc(C)c1C. The molecule has 0 atom stereocenters. The van der Waals surface area contributed by atoms with E-state index in [2.05, 4.69) is 25.5 Å². The standard InChI is InChI=1S/C16H21N5O3S/c1-9-6-13(8-14(12(9)4)25(23,24)17-5)15(22)20-21-16-18-10(2)7-11(3)19-16/h6-8,17H,1-5H3,(H,20,22)(H,18,19,21). The van der Waals surface area contributed by atoms with Crippen LogP contribution in [-0.2, 0) is 10.0 Å². The van der Waals surface area contributed by atoms with Gasteiger partial charge in [0.2, 0.25) is 16.0 Å². The maximum Gasteiger partial charge on any atom is 0.269 e. The first-order valence-electron chi connectivity index (χ1n) is 7.57. The molecule has 8 nitrogen and oxygen atoms in total. The van der Waals surface area contributed by atoms with E-state index < -0.39 is 15.9 Å². The molecule has 25 heavy (non-hydrogen) atoms. The first-order chi connectivity index (χ1) is 11.6. The number of sulfonamides is 1. The van der Waals surface area contributed by atoms with E-state index >= 15 is 0 Å². The van der Waals surface area contributed by atoms with Crippen LogP contribution in [-0.4, -0.2) is 31.3 Å². The number of nitrogens with zero attached hydrogens (tertiary/aromatic N) is 2. The maximum atomic E-state index is 12.4. The fourth-order valence-corrected chi connectivity index (χ4v) is 3.38. The third kappa shape index (κ3) is 4.31. The lowest BCUT2D eigenvalue weighted by atomic mass is 10.1. The van der Waals surface area contributed by atoms with Crippen LogP contribution in [0.2, 0.25) is 0 Å². The summed E-state index contributed by atoms with van der Waals surface area (Å²) in [5, 5.41) is 0. The van der Waals surface area contributed by atoms with Crippen molar-refractivity contribution in [3.63, 3.8) is 0 Å². The van der Waals surface area contributed by atoms with Crippen molar-refractivity contribution in [1.29, 1.82) is 0 Å². The number of aromatic nitrogens is 2. The minimum absolute atomic E-state index is 0.0720. The fraction of sp³-hybridized carbons (Fsp3) is 0.312. The Kier molecular flexibility index (Phi) is 5.39. The predicted octanol–water partition coefficient (Wildman–Crippen LogP) is 1.38. The number of carbonyl (C=O) groups excluding carboxylic acids is 1. The van der Waals surface area contributed by atoms with Gasteiger partial charge in [0.1, 0.15) is 0 Å². The average Bonchev–Trinajstić information content (AvgIpc) is 2.53. The molecule has 134 valence electrons. The lowest BCUT2D eigenvalue weighted by Gasteiger charge is -2.13. The normalized spacial score (nSPS) is 11.2. The zero-order chi connectivity index (χ0) is 18.8. The zero-order valence-electron chi connectivity index (χ0n) is 14.8. The van der Waals surface area contributed by atoms with Crippen LogP contribution in [0.1, 0.15) is 32.9 Å². The summed E-state index contributed by atoms with van der Waals surface area (Å²) in [6.07, 6.45) is 0. The van der Waals surface area contributed by atoms with E-state index in [1.54, 1.807) is 19.9 Å². The number of benzene rings is 1. The summed E-state index contributed by atoms with van der Waals surface area (Å²) >= 11 is 0. The summed E-state index contributed by atoms with van der Waals surface area (Å²) in [7, 11) is -2.33. The van der Waals surface area contributed by atoms with Gasteiger partial charge in [-0.1, -0.05) is 0 Å². The van der Waals surface area contributed by atoms with Crippen molar-refractivity contribution in [3.8, 4) is 0 Å². The summed E-state index contributed by atoms with van der Waals surface area (Å²) in [4.78, 5) is 20.8. The first-order valence-corrected chi connectivity index (χ1v) is 9.06. The quantitative estimate of drug-likeness (QED) is 0.692. The van der Waals surface area contributed by atoms with Crippen molar-refractivity contribution in [3.05, 3.63) is 46.3 Å². The Morgan fingerprint density at radius 1 is 1.00 bits per heavy atom. The van der Waals surface area contributed by atoms with E-state index in [0.29, 0.717) is 11.1 Å². The first kappa shape index (κ1) is 18.8. The lowest BCUT2D eigenvalue weighted by molar-refractivity contribution is 0.0962. The van der Waals surface area contributed by atoms with Crippen LogP contribution in [0.3, 0.4) is 0 Å². The molecule has 1 aromatic heterocycles. The van der Waals surface area contributed by atoms with E-state index in [0.717, 1.165) is 11.4 Å². The molecule has 0 bridgehead atoms. The van der Waals surface area contributed by atoms with Crippen LogP contribution in [0.5, 0.6) is 0 Å². The smallest absolute Gasteiger partial charge is 0.267 e. The van der Waals surface area contributed by atoms with Gasteiger partial charge in [-0.05, 0) is 64.1 Å². The Hall–Kier alpha value is -2.52. The fourth-order valence-electron chi connectivity index (χ4n) is 2.31. The highest BCUT2D eigenvalue weighted by Crippen LogP contribution is 2.21. The van der Waals surface area contributed by atoms with E-state index in [9.17, 15) is 13.2 Å². The number of nitrogens with one attached hydrogen (secondary N) is 3. The maximum absolute atomic E-state index is 12.4. The molecule has 1 heterocycles. The van der Waals surface area contributed by atoms with Crippen molar-refractivity contribution >= 4 is 21.9 Å². The van der Waals surface area contributed by atoms with Crippen molar-refractivity contribution < 1.29 is 13.2 Å². The van der Waals surface area contributed by atoms with Gasteiger partial charge in [0.25, 0.3) is 5.91 Å². The van der Waals surface area contributed by atoms with Gasteiger partial charge in [0.05, 0.1) is 4.90 Å². The van der Waals surface area contributed by atoms with Gasteiger partial charge in [-0.25, -0.2) is 23.1 Å². The van der Waals surface area contributed by atoms with E-state index in [1.165, 1.54) is 13.1 Å². The summed E-state index contributed by atoms with van der Waals surface area (Å²) in [6, 6.07) is 4.78. The summed E-state index contributed by atoms with van der Waals surface area (Å²) < 4.78 is 26.5. The molecule has 0 fully saturated rings. The Balaban J connectivity index is 2.27. The van der Waals surface area contributed by atoms with Gasteiger partial charge in [0, 0.05) is 17.0 Å². The molecule has 0 spiro atoms. The van der Waals surface area contributed by atoms with E-state index in [4.69, 9.17) is 0 Å². The molecule has 2 rings (SSSR count). The van der Waals surface area contributed by atoms with Gasteiger partial charge >= 0.3 is 0 Å². The number of rotatable bonds is 5. The van der Waals surface area contributed by atoms with Crippen LogP contribution in [0.4, 0.5) is 5.95 Å². The molecule has 3 N–H and O–H groups in total. The summed E-state index contributed by atoms with van der Waals surface area (Å²) in [6.45, 7) is 7.09. The summed E-state index contributed by atoms with van der Waals surface area (Å²) in [5.74, 6) is -0.226. The molecule has 0 aliphatic carbocycles. The third-order valence-corrected chi connectivity index (χ3v) is 5.25. The largest absolute Gasteiger partial charge is 0.269 e. The molecule has 0 unspecified atom stereocenters. The molecular weight excluding hydrogens is 342 g/mol. The minimum Gasteiger partial charge on any atom is -0.267 e. The van der Waals surface area contributed by atoms with Crippen LogP contribution in [0, 0.1) is 27.7 Å². The molecule has 0 saturated heterocycles. The topological polar surface area (TPSA) is 113 Å². The number of hydrazine groups is 1. The van der Waals surface area contributed by atoms with Crippen molar-refractivity contribution in [2.45, 2.75) is 32.6 Å². The number of carbonyl (C=O) groups is 1. The molecule has 0 radical (unpaired) electrons. The predicted molar refractivity (Wildman–Crippen MR) is 94.8 cm³/mol. The Morgan fingerprint density at radius 3 is 2.16 bits per heavy atom. The minimum atomic E-state index is -3.66. The van der Waals surface area contributed by atoms with Crippen molar-refractivity contribution in [2.24, 2.45) is 0 Å². The number of hydrogen-bond acceptors (Lipinski definition) is 6. The molecule has 0 saturated carbocycles. The second-order valence-corrected chi connectivity index (χ2v) is 7.53. The third-order valence-electron chi connectivity index (χ3n) is 3.71. The number of anilines is 1. The monoisotopic (exact) mass is 363 g/mol. The molecular formula is C16H21N5O3S. The highest BCUT2D eigenvalue weighted by Gasteiger charge is 2.19. The van der Waals surface area contributed by atoms with Gasteiger partial charge < -0.3 is 0 Å². The van der Waals surface area contributed by atoms with E-state index in [1.807, 2.05) is 19.9 Å². The lowest BCUT2D eigenvalue weighted by Crippen LogP contribution is -2.31.